The lowest BCUT2D eigenvalue weighted by Gasteiger charge is -2.18. The van der Waals surface area contributed by atoms with E-state index in [-0.39, 0.29) is 5.41 Å². The molecule has 1 atom stereocenters. The summed E-state index contributed by atoms with van der Waals surface area (Å²) in [6.45, 7) is 10.5. The van der Waals surface area contributed by atoms with Gasteiger partial charge in [0.1, 0.15) is 6.29 Å². The van der Waals surface area contributed by atoms with Gasteiger partial charge in [-0.3, -0.25) is 0 Å². The molecule has 0 saturated carbocycles. The first-order valence-corrected chi connectivity index (χ1v) is 6.19. The topological polar surface area (TPSA) is 17.1 Å². The van der Waals surface area contributed by atoms with Crippen LogP contribution in [0, 0.1) is 5.41 Å². The van der Waals surface area contributed by atoms with Crippen LogP contribution in [0.15, 0.2) is 23.3 Å². The maximum Gasteiger partial charge on any atom is 0.126 e. The summed E-state index contributed by atoms with van der Waals surface area (Å²) in [4.78, 5) is 10.9. The maximum absolute atomic E-state index is 10.9. The molecule has 0 aromatic rings. The molecule has 0 rings (SSSR count). The summed E-state index contributed by atoms with van der Waals surface area (Å²) in [5, 5.41) is 0. The summed E-state index contributed by atoms with van der Waals surface area (Å²) in [7, 11) is 0. The second-order valence-corrected chi connectivity index (χ2v) is 5.20. The van der Waals surface area contributed by atoms with Crippen molar-refractivity contribution in [2.45, 2.75) is 60.3 Å². The Morgan fingerprint density at radius 1 is 1.19 bits per heavy atom. The van der Waals surface area contributed by atoms with Crippen LogP contribution in [0.2, 0.25) is 0 Å². The van der Waals surface area contributed by atoms with E-state index in [1.54, 1.807) is 0 Å². The van der Waals surface area contributed by atoms with Crippen molar-refractivity contribution in [3.8, 4) is 0 Å². The monoisotopic (exact) mass is 222 g/mol. The Hall–Kier alpha value is -0.850. The third-order valence-corrected chi connectivity index (χ3v) is 3.10. The molecule has 92 valence electrons. The lowest BCUT2D eigenvalue weighted by atomic mass is 9.85. The van der Waals surface area contributed by atoms with Crippen LogP contribution in [-0.2, 0) is 4.79 Å². The van der Waals surface area contributed by atoms with Crippen molar-refractivity contribution in [1.29, 1.82) is 0 Å². The number of aldehydes is 1. The van der Waals surface area contributed by atoms with E-state index in [0.29, 0.717) is 0 Å². The first-order valence-electron chi connectivity index (χ1n) is 6.19. The highest BCUT2D eigenvalue weighted by molar-refractivity contribution is 5.58. The van der Waals surface area contributed by atoms with Gasteiger partial charge in [-0.2, -0.15) is 0 Å². The number of carbonyl (C=O) groups excluding carboxylic acids is 1. The lowest BCUT2D eigenvalue weighted by molar-refractivity contribution is -0.115. The molecule has 16 heavy (non-hydrogen) atoms. The van der Waals surface area contributed by atoms with E-state index in [1.807, 2.05) is 6.92 Å². The quantitative estimate of drug-likeness (QED) is 0.451. The molecular formula is C15H26O. The van der Waals surface area contributed by atoms with Gasteiger partial charge in [0.15, 0.2) is 0 Å². The number of hydrogen-bond acceptors (Lipinski definition) is 1. The fourth-order valence-corrected chi connectivity index (χ4v) is 1.37. The molecule has 0 amide bonds. The number of allylic oxidation sites excluding steroid dienone is 4. The van der Waals surface area contributed by atoms with E-state index in [2.05, 4.69) is 39.8 Å². The molecule has 0 fully saturated rings. The Balaban J connectivity index is 4.13. The van der Waals surface area contributed by atoms with Crippen LogP contribution in [0.1, 0.15) is 60.3 Å². The molecule has 0 aromatic heterocycles. The normalized spacial score (nSPS) is 15.4. The average molecular weight is 222 g/mol. The Labute approximate surface area is 101 Å². The number of carbonyl (C=O) groups is 1. The highest BCUT2D eigenvalue weighted by Crippen LogP contribution is 2.24. The van der Waals surface area contributed by atoms with Crippen LogP contribution in [0.3, 0.4) is 0 Å². The van der Waals surface area contributed by atoms with Gasteiger partial charge in [-0.1, -0.05) is 37.1 Å². The standard InChI is InChI=1S/C15H26O/c1-6-15(5,12-16)11-10-14(4)9-7-8-13(2)3/h8,10,12H,6-7,9,11H2,1-5H3. The van der Waals surface area contributed by atoms with Crippen molar-refractivity contribution < 1.29 is 4.79 Å². The largest absolute Gasteiger partial charge is 0.303 e. The Morgan fingerprint density at radius 2 is 1.81 bits per heavy atom. The first kappa shape index (κ1) is 15.2. The van der Waals surface area contributed by atoms with Crippen LogP contribution in [0.4, 0.5) is 0 Å². The number of hydrogen-bond donors (Lipinski definition) is 0. The van der Waals surface area contributed by atoms with Gasteiger partial charge in [-0.05, 0) is 46.5 Å². The zero-order chi connectivity index (χ0) is 12.6. The fourth-order valence-electron chi connectivity index (χ4n) is 1.37. The van der Waals surface area contributed by atoms with Crippen molar-refractivity contribution in [1.82, 2.24) is 0 Å². The molecule has 0 spiro atoms. The van der Waals surface area contributed by atoms with E-state index in [0.717, 1.165) is 32.0 Å². The fraction of sp³-hybridized carbons (Fsp3) is 0.667. The molecule has 1 nitrogen and oxygen atoms in total. The van der Waals surface area contributed by atoms with Crippen molar-refractivity contribution >= 4 is 6.29 Å². The average Bonchev–Trinajstić information content (AvgIpc) is 2.25. The molecule has 0 radical (unpaired) electrons. The molecule has 1 heteroatoms. The van der Waals surface area contributed by atoms with Crippen molar-refractivity contribution in [2.24, 2.45) is 5.41 Å². The predicted octanol–water partition coefficient (Wildman–Crippen LogP) is 4.68. The van der Waals surface area contributed by atoms with Gasteiger partial charge in [0.2, 0.25) is 0 Å². The molecule has 0 N–H and O–H groups in total. The van der Waals surface area contributed by atoms with E-state index in [9.17, 15) is 4.79 Å². The second-order valence-electron chi connectivity index (χ2n) is 5.20. The zero-order valence-corrected chi connectivity index (χ0v) is 11.5. The van der Waals surface area contributed by atoms with Gasteiger partial charge < -0.3 is 4.79 Å². The molecule has 0 bridgehead atoms. The maximum atomic E-state index is 10.9. The van der Waals surface area contributed by atoms with Crippen LogP contribution >= 0.6 is 0 Å². The molecule has 0 aromatic carbocycles. The third kappa shape index (κ3) is 6.60. The summed E-state index contributed by atoms with van der Waals surface area (Å²) in [6.07, 6.45) is 9.56. The molecule has 0 aliphatic heterocycles. The molecule has 1 unspecified atom stereocenters. The van der Waals surface area contributed by atoms with Gasteiger partial charge in [-0.15, -0.1) is 0 Å². The van der Waals surface area contributed by atoms with Crippen LogP contribution in [0.5, 0.6) is 0 Å². The SMILES string of the molecule is CCC(C)(C=O)CC=C(C)CCC=C(C)C. The van der Waals surface area contributed by atoms with E-state index in [4.69, 9.17) is 0 Å². The summed E-state index contributed by atoms with van der Waals surface area (Å²) in [5.41, 5.74) is 2.59. The second kappa shape index (κ2) is 7.43. The summed E-state index contributed by atoms with van der Waals surface area (Å²) >= 11 is 0. The summed E-state index contributed by atoms with van der Waals surface area (Å²) in [6, 6.07) is 0. The van der Waals surface area contributed by atoms with E-state index < -0.39 is 0 Å². The smallest absolute Gasteiger partial charge is 0.126 e. The molecular weight excluding hydrogens is 196 g/mol. The Bertz CT molecular complexity index is 269. The van der Waals surface area contributed by atoms with E-state index in [1.165, 1.54) is 11.1 Å². The van der Waals surface area contributed by atoms with Crippen molar-refractivity contribution in [2.75, 3.05) is 0 Å². The Morgan fingerprint density at radius 3 is 2.25 bits per heavy atom. The first-order chi connectivity index (χ1) is 7.43. The van der Waals surface area contributed by atoms with Crippen molar-refractivity contribution in [3.63, 3.8) is 0 Å². The number of rotatable bonds is 7. The van der Waals surface area contributed by atoms with Crippen molar-refractivity contribution in [3.05, 3.63) is 23.3 Å². The van der Waals surface area contributed by atoms with Gasteiger partial charge in [0, 0.05) is 5.41 Å². The highest BCUT2D eigenvalue weighted by Gasteiger charge is 2.18. The minimum atomic E-state index is -0.169. The minimum Gasteiger partial charge on any atom is -0.303 e. The molecule has 0 aliphatic carbocycles. The highest BCUT2D eigenvalue weighted by atomic mass is 16.1. The van der Waals surface area contributed by atoms with Crippen LogP contribution < -0.4 is 0 Å². The molecule has 0 aliphatic rings. The molecule has 0 saturated heterocycles. The van der Waals surface area contributed by atoms with Crippen LogP contribution in [-0.4, -0.2) is 6.29 Å². The van der Waals surface area contributed by atoms with Crippen LogP contribution in [0.25, 0.3) is 0 Å². The molecule has 0 heterocycles. The van der Waals surface area contributed by atoms with Gasteiger partial charge in [0.05, 0.1) is 0 Å². The zero-order valence-electron chi connectivity index (χ0n) is 11.5. The van der Waals surface area contributed by atoms with Gasteiger partial charge in [-0.25, -0.2) is 0 Å². The Kier molecular flexibility index (Phi) is 7.03. The van der Waals surface area contributed by atoms with E-state index >= 15 is 0 Å². The summed E-state index contributed by atoms with van der Waals surface area (Å²) < 4.78 is 0. The lowest BCUT2D eigenvalue weighted by Crippen LogP contribution is -2.15. The third-order valence-electron chi connectivity index (χ3n) is 3.10. The predicted molar refractivity (Wildman–Crippen MR) is 71.5 cm³/mol. The van der Waals surface area contributed by atoms with Gasteiger partial charge >= 0.3 is 0 Å². The minimum absolute atomic E-state index is 0.169. The summed E-state index contributed by atoms with van der Waals surface area (Å²) in [5.74, 6) is 0. The van der Waals surface area contributed by atoms with Gasteiger partial charge in [0.25, 0.3) is 0 Å².